The average molecular weight is 269 g/mol. The van der Waals surface area contributed by atoms with E-state index in [4.69, 9.17) is 5.73 Å². The van der Waals surface area contributed by atoms with Crippen LogP contribution < -0.4 is 11.1 Å². The highest BCUT2D eigenvalue weighted by atomic mass is 16.2. The number of nitrogens with two attached hydrogens (primary N) is 1. The van der Waals surface area contributed by atoms with Gasteiger partial charge in [-0.15, -0.1) is 0 Å². The summed E-state index contributed by atoms with van der Waals surface area (Å²) in [7, 11) is 1.62. The minimum Gasteiger partial charge on any atom is -0.357 e. The molecule has 5 nitrogen and oxygen atoms in total. The van der Waals surface area contributed by atoms with Gasteiger partial charge in [-0.2, -0.15) is 0 Å². The van der Waals surface area contributed by atoms with Gasteiger partial charge in [-0.1, -0.05) is 13.8 Å². The second-order valence-corrected chi connectivity index (χ2v) is 5.32. The lowest BCUT2D eigenvalue weighted by Crippen LogP contribution is -2.57. The predicted molar refractivity (Wildman–Crippen MR) is 75.5 cm³/mol. The third-order valence-corrected chi connectivity index (χ3v) is 4.51. The van der Waals surface area contributed by atoms with E-state index in [1.807, 2.05) is 13.8 Å². The summed E-state index contributed by atoms with van der Waals surface area (Å²) in [6, 6.07) is -0.324. The Morgan fingerprint density at radius 2 is 1.95 bits per heavy atom. The minimum absolute atomic E-state index is 0.0494. The molecule has 0 spiro atoms. The van der Waals surface area contributed by atoms with Crippen LogP contribution in [0.3, 0.4) is 0 Å². The van der Waals surface area contributed by atoms with Crippen LogP contribution in [0.25, 0.3) is 0 Å². The van der Waals surface area contributed by atoms with Crippen molar-refractivity contribution in [3.63, 3.8) is 0 Å². The molecule has 0 aliphatic carbocycles. The molecular weight excluding hydrogens is 242 g/mol. The molecule has 1 fully saturated rings. The van der Waals surface area contributed by atoms with Crippen LogP contribution in [0.1, 0.15) is 46.0 Å². The smallest absolute Gasteiger partial charge is 0.242 e. The van der Waals surface area contributed by atoms with E-state index in [-0.39, 0.29) is 17.9 Å². The molecule has 0 saturated carbocycles. The molecule has 110 valence electrons. The number of amides is 2. The molecule has 1 unspecified atom stereocenters. The van der Waals surface area contributed by atoms with Crippen LogP contribution in [-0.2, 0) is 9.59 Å². The summed E-state index contributed by atoms with van der Waals surface area (Å²) in [6.07, 6.45) is 4.15. The second-order valence-electron chi connectivity index (χ2n) is 5.32. The molecule has 0 aromatic carbocycles. The summed E-state index contributed by atoms with van der Waals surface area (Å²) in [5, 5.41) is 2.66. The molecule has 0 bridgehead atoms. The van der Waals surface area contributed by atoms with Crippen LogP contribution in [0.2, 0.25) is 0 Å². The highest BCUT2D eigenvalue weighted by Crippen LogP contribution is 2.31. The minimum atomic E-state index is -0.510. The Morgan fingerprint density at radius 1 is 1.32 bits per heavy atom. The molecule has 1 atom stereocenters. The highest BCUT2D eigenvalue weighted by molar-refractivity contribution is 5.90. The number of rotatable bonds is 5. The molecule has 5 heteroatoms. The third kappa shape index (κ3) is 3.08. The third-order valence-electron chi connectivity index (χ3n) is 4.51. The van der Waals surface area contributed by atoms with Crippen molar-refractivity contribution in [1.29, 1.82) is 0 Å². The zero-order valence-electron chi connectivity index (χ0n) is 12.4. The molecule has 1 rings (SSSR count). The average Bonchev–Trinajstić information content (AvgIpc) is 2.48. The monoisotopic (exact) mass is 269 g/mol. The van der Waals surface area contributed by atoms with Gasteiger partial charge in [0.1, 0.15) is 6.04 Å². The molecule has 1 aliphatic rings. The summed E-state index contributed by atoms with van der Waals surface area (Å²) in [5.41, 5.74) is 5.33. The van der Waals surface area contributed by atoms with Crippen LogP contribution in [0.5, 0.6) is 0 Å². The van der Waals surface area contributed by atoms with Gasteiger partial charge in [0, 0.05) is 20.1 Å². The number of carbonyl (C=O) groups is 2. The Hall–Kier alpha value is -1.10. The lowest BCUT2D eigenvalue weighted by atomic mass is 9.80. The van der Waals surface area contributed by atoms with Crippen LogP contribution in [-0.4, -0.2) is 42.9 Å². The Balaban J connectivity index is 2.96. The number of hydrogen-bond donors (Lipinski definition) is 2. The first-order chi connectivity index (χ1) is 9.06. The van der Waals surface area contributed by atoms with Gasteiger partial charge in [0.15, 0.2) is 0 Å². The van der Waals surface area contributed by atoms with Gasteiger partial charge in [0.25, 0.3) is 0 Å². The van der Waals surface area contributed by atoms with Crippen molar-refractivity contribution >= 4 is 11.8 Å². The Bertz CT molecular complexity index is 318. The largest absolute Gasteiger partial charge is 0.357 e. The molecule has 1 saturated heterocycles. The van der Waals surface area contributed by atoms with Gasteiger partial charge < -0.3 is 16.0 Å². The Morgan fingerprint density at radius 3 is 2.42 bits per heavy atom. The normalized spacial score (nSPS) is 20.2. The fourth-order valence-corrected chi connectivity index (χ4v) is 2.85. The van der Waals surface area contributed by atoms with E-state index in [0.29, 0.717) is 13.1 Å². The highest BCUT2D eigenvalue weighted by Gasteiger charge is 2.41. The zero-order chi connectivity index (χ0) is 14.5. The maximum absolute atomic E-state index is 12.8. The van der Waals surface area contributed by atoms with Gasteiger partial charge in [-0.3, -0.25) is 9.59 Å². The van der Waals surface area contributed by atoms with E-state index in [1.54, 1.807) is 11.9 Å². The van der Waals surface area contributed by atoms with Crippen molar-refractivity contribution in [2.45, 2.75) is 52.0 Å². The summed E-state index contributed by atoms with van der Waals surface area (Å²) < 4.78 is 0. The summed E-state index contributed by atoms with van der Waals surface area (Å²) in [4.78, 5) is 26.5. The van der Waals surface area contributed by atoms with Gasteiger partial charge in [-0.25, -0.2) is 0 Å². The lowest BCUT2D eigenvalue weighted by molar-refractivity contribution is -0.150. The fourth-order valence-electron chi connectivity index (χ4n) is 2.85. The first kappa shape index (κ1) is 16.0. The maximum Gasteiger partial charge on any atom is 0.242 e. The van der Waals surface area contributed by atoms with Crippen LogP contribution >= 0.6 is 0 Å². The molecule has 19 heavy (non-hydrogen) atoms. The maximum atomic E-state index is 12.8. The van der Waals surface area contributed by atoms with Crippen LogP contribution in [0.4, 0.5) is 0 Å². The van der Waals surface area contributed by atoms with Crippen molar-refractivity contribution < 1.29 is 9.59 Å². The van der Waals surface area contributed by atoms with E-state index >= 15 is 0 Å². The topological polar surface area (TPSA) is 75.4 Å². The zero-order valence-corrected chi connectivity index (χ0v) is 12.4. The van der Waals surface area contributed by atoms with Gasteiger partial charge in [-0.05, 0) is 32.1 Å². The van der Waals surface area contributed by atoms with Crippen molar-refractivity contribution in [3.8, 4) is 0 Å². The number of likely N-dealkylation sites (N-methyl/N-ethyl adjacent to an activating group) is 1. The van der Waals surface area contributed by atoms with E-state index in [2.05, 4.69) is 5.32 Å². The quantitative estimate of drug-likeness (QED) is 0.778. The predicted octanol–water partition coefficient (Wildman–Crippen LogP) is 0.879. The number of piperidine rings is 1. The fraction of sp³-hybridized carbons (Fsp3) is 0.857. The van der Waals surface area contributed by atoms with E-state index in [0.717, 1.165) is 32.1 Å². The molecule has 0 aromatic heterocycles. The number of hydrogen-bond acceptors (Lipinski definition) is 3. The standard InChI is InChI=1S/C14H27N3O2/c1-4-14(5-2,10-15)13(19)17-9-7-6-8-11(17)12(18)16-3/h11H,4-10,15H2,1-3H3,(H,16,18). The number of nitrogens with one attached hydrogen (secondary N) is 1. The summed E-state index contributed by atoms with van der Waals surface area (Å²) in [6.45, 7) is 4.99. The Kier molecular flexibility index (Phi) is 5.79. The molecular formula is C14H27N3O2. The molecule has 2 amide bonds. The second kappa shape index (κ2) is 6.89. The van der Waals surface area contributed by atoms with Crippen molar-refractivity contribution in [2.75, 3.05) is 20.1 Å². The van der Waals surface area contributed by atoms with Gasteiger partial charge >= 0.3 is 0 Å². The van der Waals surface area contributed by atoms with E-state index in [9.17, 15) is 9.59 Å². The SMILES string of the molecule is CCC(CC)(CN)C(=O)N1CCCCC1C(=O)NC. The van der Waals surface area contributed by atoms with Gasteiger partial charge in [0.2, 0.25) is 11.8 Å². The van der Waals surface area contributed by atoms with Crippen molar-refractivity contribution in [3.05, 3.63) is 0 Å². The lowest BCUT2D eigenvalue weighted by Gasteiger charge is -2.41. The molecule has 1 heterocycles. The summed E-state index contributed by atoms with van der Waals surface area (Å²) in [5.74, 6) is -0.0144. The van der Waals surface area contributed by atoms with Gasteiger partial charge in [0.05, 0.1) is 5.41 Å². The van der Waals surface area contributed by atoms with Crippen molar-refractivity contribution in [1.82, 2.24) is 10.2 Å². The first-order valence-electron chi connectivity index (χ1n) is 7.29. The van der Waals surface area contributed by atoms with Crippen LogP contribution in [0, 0.1) is 5.41 Å². The van der Waals surface area contributed by atoms with Crippen LogP contribution in [0.15, 0.2) is 0 Å². The molecule has 3 N–H and O–H groups in total. The molecule has 0 aromatic rings. The number of likely N-dealkylation sites (tertiary alicyclic amines) is 1. The first-order valence-corrected chi connectivity index (χ1v) is 7.29. The Labute approximate surface area is 115 Å². The number of carbonyl (C=O) groups excluding carboxylic acids is 2. The molecule has 1 aliphatic heterocycles. The van der Waals surface area contributed by atoms with Crippen molar-refractivity contribution in [2.24, 2.45) is 11.1 Å². The van der Waals surface area contributed by atoms with E-state index in [1.165, 1.54) is 0 Å². The van der Waals surface area contributed by atoms with E-state index < -0.39 is 5.41 Å². The number of nitrogens with zero attached hydrogens (tertiary/aromatic N) is 1. The molecule has 0 radical (unpaired) electrons. The summed E-state index contributed by atoms with van der Waals surface area (Å²) >= 11 is 0.